The Balaban J connectivity index is 1.87. The number of benzene rings is 2. The smallest absolute Gasteiger partial charge is 0.198 e. The fourth-order valence-electron chi connectivity index (χ4n) is 2.13. The van der Waals surface area contributed by atoms with E-state index in [-0.39, 0.29) is 17.5 Å². The highest BCUT2D eigenvalue weighted by molar-refractivity contribution is 6.01. The monoisotopic (exact) mass is 286 g/mol. The first kappa shape index (κ1) is 13.3. The number of hydrogen-bond donors (Lipinski definition) is 2. The molecule has 0 aliphatic rings. The standard InChI is InChI=1S/C16H12F2N2O/c17-11-3-1-10(2-4-11)8-19-9-14-13-7-12(18)5-6-15(13)20-16(14)21/h1-7,9,20-21H,8H2. The minimum Gasteiger partial charge on any atom is -0.494 e. The molecule has 2 aromatic carbocycles. The van der Waals surface area contributed by atoms with Gasteiger partial charge < -0.3 is 10.1 Å². The summed E-state index contributed by atoms with van der Waals surface area (Å²) in [7, 11) is 0. The molecule has 0 unspecified atom stereocenters. The maximum atomic E-state index is 13.3. The van der Waals surface area contributed by atoms with Gasteiger partial charge in [0.2, 0.25) is 0 Å². The van der Waals surface area contributed by atoms with Crippen LogP contribution in [0.1, 0.15) is 11.1 Å². The van der Waals surface area contributed by atoms with Crippen LogP contribution < -0.4 is 0 Å². The van der Waals surface area contributed by atoms with E-state index in [1.54, 1.807) is 18.2 Å². The summed E-state index contributed by atoms with van der Waals surface area (Å²) in [5.74, 6) is -0.736. The van der Waals surface area contributed by atoms with E-state index in [2.05, 4.69) is 9.98 Å². The van der Waals surface area contributed by atoms with Crippen LogP contribution in [0.15, 0.2) is 47.5 Å². The molecule has 3 rings (SSSR count). The van der Waals surface area contributed by atoms with Gasteiger partial charge in [0.25, 0.3) is 0 Å². The largest absolute Gasteiger partial charge is 0.494 e. The Morgan fingerprint density at radius 2 is 1.76 bits per heavy atom. The van der Waals surface area contributed by atoms with Gasteiger partial charge in [0.05, 0.1) is 12.1 Å². The van der Waals surface area contributed by atoms with E-state index in [1.807, 2.05) is 0 Å². The second-order valence-corrected chi connectivity index (χ2v) is 4.67. The number of nitrogens with one attached hydrogen (secondary N) is 1. The van der Waals surface area contributed by atoms with E-state index >= 15 is 0 Å². The van der Waals surface area contributed by atoms with Crippen LogP contribution in [0.2, 0.25) is 0 Å². The molecule has 1 aromatic heterocycles. The van der Waals surface area contributed by atoms with Crippen LogP contribution in [-0.4, -0.2) is 16.3 Å². The van der Waals surface area contributed by atoms with Crippen LogP contribution in [-0.2, 0) is 6.54 Å². The average Bonchev–Trinajstić information content (AvgIpc) is 2.77. The summed E-state index contributed by atoms with van der Waals surface area (Å²) < 4.78 is 26.1. The van der Waals surface area contributed by atoms with Gasteiger partial charge >= 0.3 is 0 Å². The Kier molecular flexibility index (Phi) is 3.39. The molecular weight excluding hydrogens is 274 g/mol. The van der Waals surface area contributed by atoms with Gasteiger partial charge in [0.1, 0.15) is 11.6 Å². The normalized spacial score (nSPS) is 11.5. The fourth-order valence-corrected chi connectivity index (χ4v) is 2.13. The number of rotatable bonds is 3. The Labute approximate surface area is 119 Å². The highest BCUT2D eigenvalue weighted by Gasteiger charge is 2.09. The summed E-state index contributed by atoms with van der Waals surface area (Å²) in [6.45, 7) is 0.349. The summed E-state index contributed by atoms with van der Waals surface area (Å²) in [5.41, 5.74) is 1.92. The van der Waals surface area contributed by atoms with Gasteiger partial charge in [-0.05, 0) is 35.9 Å². The van der Waals surface area contributed by atoms with Crippen molar-refractivity contribution in [2.75, 3.05) is 0 Å². The van der Waals surface area contributed by atoms with Crippen molar-refractivity contribution < 1.29 is 13.9 Å². The summed E-state index contributed by atoms with van der Waals surface area (Å²) in [5, 5.41) is 10.4. The minimum absolute atomic E-state index is 0.0570. The van der Waals surface area contributed by atoms with Crippen molar-refractivity contribution in [2.24, 2.45) is 4.99 Å². The molecule has 2 N–H and O–H groups in total. The molecule has 5 heteroatoms. The number of fused-ring (bicyclic) bond motifs is 1. The third-order valence-corrected chi connectivity index (χ3v) is 3.19. The van der Waals surface area contributed by atoms with Gasteiger partial charge in [-0.15, -0.1) is 0 Å². The van der Waals surface area contributed by atoms with Gasteiger partial charge in [-0.1, -0.05) is 12.1 Å². The van der Waals surface area contributed by atoms with Gasteiger partial charge in [-0.2, -0.15) is 0 Å². The SMILES string of the molecule is Oc1[nH]c2ccc(F)cc2c1C=NCc1ccc(F)cc1. The maximum absolute atomic E-state index is 13.3. The number of aromatic amines is 1. The zero-order valence-electron chi connectivity index (χ0n) is 11.0. The Bertz CT molecular complexity index is 807. The van der Waals surface area contributed by atoms with Crippen molar-refractivity contribution in [3.8, 4) is 5.88 Å². The molecule has 0 amide bonds. The molecule has 0 bridgehead atoms. The van der Waals surface area contributed by atoms with Crippen molar-refractivity contribution in [3.63, 3.8) is 0 Å². The van der Waals surface area contributed by atoms with Gasteiger partial charge in [0.15, 0.2) is 5.88 Å². The molecule has 3 aromatic rings. The molecular formula is C16H12F2N2O. The van der Waals surface area contributed by atoms with Gasteiger partial charge in [0, 0.05) is 17.1 Å². The van der Waals surface area contributed by atoms with Gasteiger partial charge in [-0.25, -0.2) is 8.78 Å². The molecule has 21 heavy (non-hydrogen) atoms. The Hall–Kier alpha value is -2.69. The van der Waals surface area contributed by atoms with Crippen molar-refractivity contribution in [3.05, 3.63) is 65.2 Å². The first-order valence-corrected chi connectivity index (χ1v) is 6.38. The van der Waals surface area contributed by atoms with E-state index in [4.69, 9.17) is 0 Å². The third-order valence-electron chi connectivity index (χ3n) is 3.19. The van der Waals surface area contributed by atoms with Crippen LogP contribution in [0.4, 0.5) is 8.78 Å². The molecule has 0 radical (unpaired) electrons. The molecule has 0 atom stereocenters. The van der Waals surface area contributed by atoms with E-state index in [9.17, 15) is 13.9 Å². The van der Waals surface area contributed by atoms with Crippen molar-refractivity contribution in [1.29, 1.82) is 0 Å². The van der Waals surface area contributed by atoms with E-state index < -0.39 is 0 Å². The third kappa shape index (κ3) is 2.76. The van der Waals surface area contributed by atoms with Crippen LogP contribution >= 0.6 is 0 Å². The molecule has 0 saturated heterocycles. The lowest BCUT2D eigenvalue weighted by Gasteiger charge is -1.96. The van der Waals surface area contributed by atoms with Crippen LogP contribution in [0.3, 0.4) is 0 Å². The number of aromatic hydroxyl groups is 1. The zero-order chi connectivity index (χ0) is 14.8. The van der Waals surface area contributed by atoms with Crippen LogP contribution in [0, 0.1) is 11.6 Å². The maximum Gasteiger partial charge on any atom is 0.198 e. The van der Waals surface area contributed by atoms with Gasteiger partial charge in [-0.3, -0.25) is 4.99 Å². The topological polar surface area (TPSA) is 48.4 Å². The number of nitrogens with zero attached hydrogens (tertiary/aromatic N) is 1. The van der Waals surface area contributed by atoms with Crippen LogP contribution in [0.5, 0.6) is 5.88 Å². The minimum atomic E-state index is -0.380. The summed E-state index contributed by atoms with van der Waals surface area (Å²) >= 11 is 0. The van der Waals surface area contributed by atoms with E-state index in [0.29, 0.717) is 23.0 Å². The molecule has 1 heterocycles. The Morgan fingerprint density at radius 3 is 2.52 bits per heavy atom. The lowest BCUT2D eigenvalue weighted by atomic mass is 10.2. The lowest BCUT2D eigenvalue weighted by Crippen LogP contribution is -1.85. The van der Waals surface area contributed by atoms with E-state index in [1.165, 1.54) is 30.5 Å². The first-order valence-electron chi connectivity index (χ1n) is 6.38. The molecule has 106 valence electrons. The van der Waals surface area contributed by atoms with Crippen LogP contribution in [0.25, 0.3) is 10.9 Å². The molecule has 0 spiro atoms. The summed E-state index contributed by atoms with van der Waals surface area (Å²) in [6, 6.07) is 10.2. The Morgan fingerprint density at radius 1 is 1.05 bits per heavy atom. The molecule has 0 fully saturated rings. The second-order valence-electron chi connectivity index (χ2n) is 4.67. The average molecular weight is 286 g/mol. The highest BCUT2D eigenvalue weighted by atomic mass is 19.1. The zero-order valence-corrected chi connectivity index (χ0v) is 11.0. The highest BCUT2D eigenvalue weighted by Crippen LogP contribution is 2.26. The number of aliphatic imine (C=N–C) groups is 1. The predicted molar refractivity (Wildman–Crippen MR) is 77.6 cm³/mol. The first-order chi connectivity index (χ1) is 10.1. The summed E-state index contributed by atoms with van der Waals surface area (Å²) in [6.07, 6.45) is 1.48. The number of aromatic nitrogens is 1. The fraction of sp³-hybridized carbons (Fsp3) is 0.0625. The van der Waals surface area contributed by atoms with Crippen molar-refractivity contribution in [1.82, 2.24) is 4.98 Å². The quantitative estimate of drug-likeness (QED) is 0.707. The molecule has 0 aliphatic heterocycles. The second kappa shape index (κ2) is 5.36. The lowest BCUT2D eigenvalue weighted by molar-refractivity contribution is 0.457. The molecule has 0 saturated carbocycles. The van der Waals surface area contributed by atoms with E-state index in [0.717, 1.165) is 5.56 Å². The number of halogens is 2. The number of hydrogen-bond acceptors (Lipinski definition) is 2. The predicted octanol–water partition coefficient (Wildman–Crippen LogP) is 3.77. The van der Waals surface area contributed by atoms with Crippen molar-refractivity contribution >= 4 is 17.1 Å². The summed E-state index contributed by atoms with van der Waals surface area (Å²) in [4.78, 5) is 6.96. The molecule has 3 nitrogen and oxygen atoms in total. The number of H-pyrrole nitrogens is 1. The van der Waals surface area contributed by atoms with Crippen molar-refractivity contribution in [2.45, 2.75) is 6.54 Å². The molecule has 0 aliphatic carbocycles.